The Labute approximate surface area is 101 Å². The largest absolute Gasteiger partial charge is 0.509 e. The van der Waals surface area contributed by atoms with E-state index in [4.69, 9.17) is 15.2 Å². The Morgan fingerprint density at radius 2 is 2.00 bits per heavy atom. The van der Waals surface area contributed by atoms with Gasteiger partial charge in [0.1, 0.15) is 11.7 Å². The van der Waals surface area contributed by atoms with Crippen LogP contribution in [0.15, 0.2) is 12.2 Å². The van der Waals surface area contributed by atoms with E-state index in [-0.39, 0.29) is 11.8 Å². The predicted molar refractivity (Wildman–Crippen MR) is 62.2 cm³/mol. The zero-order chi connectivity index (χ0) is 13.1. The molecule has 2 atom stereocenters. The van der Waals surface area contributed by atoms with Crippen LogP contribution in [0, 0.1) is 5.92 Å². The summed E-state index contributed by atoms with van der Waals surface area (Å²) in [4.78, 5) is 22.4. The van der Waals surface area contributed by atoms with Crippen molar-refractivity contribution < 1.29 is 19.1 Å². The highest BCUT2D eigenvalue weighted by atomic mass is 16.7. The Morgan fingerprint density at radius 3 is 2.53 bits per heavy atom. The van der Waals surface area contributed by atoms with Gasteiger partial charge in [0, 0.05) is 12.3 Å². The van der Waals surface area contributed by atoms with Crippen LogP contribution in [0.4, 0.5) is 4.79 Å². The van der Waals surface area contributed by atoms with Crippen molar-refractivity contribution in [2.24, 2.45) is 11.7 Å². The molecule has 0 radical (unpaired) electrons. The van der Waals surface area contributed by atoms with Crippen molar-refractivity contribution in [1.29, 1.82) is 0 Å². The first-order valence-corrected chi connectivity index (χ1v) is 5.63. The second-order valence-corrected chi connectivity index (χ2v) is 5.12. The SMILES string of the molecule is CC(C)(C)OC(=O)OC1C=CCC(C(N)=O)C1. The van der Waals surface area contributed by atoms with Crippen molar-refractivity contribution in [3.05, 3.63) is 12.2 Å². The summed E-state index contributed by atoms with van der Waals surface area (Å²) < 4.78 is 10.1. The number of ether oxygens (including phenoxy) is 2. The first-order chi connectivity index (χ1) is 7.78. The maximum Gasteiger partial charge on any atom is 0.509 e. The fourth-order valence-corrected chi connectivity index (χ4v) is 1.57. The average Bonchev–Trinajstić information content (AvgIpc) is 2.14. The van der Waals surface area contributed by atoms with Gasteiger partial charge in [-0.05, 0) is 33.3 Å². The lowest BCUT2D eigenvalue weighted by molar-refractivity contribution is -0.123. The zero-order valence-electron chi connectivity index (χ0n) is 10.4. The Balaban J connectivity index is 2.47. The van der Waals surface area contributed by atoms with E-state index in [9.17, 15) is 9.59 Å². The minimum atomic E-state index is -0.725. The second kappa shape index (κ2) is 5.21. The highest BCUT2D eigenvalue weighted by Crippen LogP contribution is 2.21. The third kappa shape index (κ3) is 4.89. The molecule has 0 spiro atoms. The number of carbonyl (C=O) groups excluding carboxylic acids is 2. The number of carbonyl (C=O) groups is 2. The highest BCUT2D eigenvalue weighted by Gasteiger charge is 2.26. The number of hydrogen-bond acceptors (Lipinski definition) is 4. The molecule has 2 unspecified atom stereocenters. The lowest BCUT2D eigenvalue weighted by Crippen LogP contribution is -2.32. The van der Waals surface area contributed by atoms with E-state index in [1.54, 1.807) is 32.9 Å². The number of nitrogens with two attached hydrogens (primary N) is 1. The normalized spacial score (nSPS) is 24.2. The summed E-state index contributed by atoms with van der Waals surface area (Å²) in [6, 6.07) is 0. The Morgan fingerprint density at radius 1 is 1.35 bits per heavy atom. The fourth-order valence-electron chi connectivity index (χ4n) is 1.57. The maximum absolute atomic E-state index is 11.4. The van der Waals surface area contributed by atoms with Gasteiger partial charge < -0.3 is 15.2 Å². The molecule has 0 saturated carbocycles. The Bertz CT molecular complexity index is 330. The zero-order valence-corrected chi connectivity index (χ0v) is 10.4. The number of hydrogen-bond donors (Lipinski definition) is 1. The molecule has 0 aromatic heterocycles. The van der Waals surface area contributed by atoms with Crippen molar-refractivity contribution >= 4 is 12.1 Å². The summed E-state index contributed by atoms with van der Waals surface area (Å²) in [5.74, 6) is -0.639. The van der Waals surface area contributed by atoms with E-state index in [2.05, 4.69) is 0 Å². The molecule has 0 fully saturated rings. The van der Waals surface area contributed by atoms with E-state index < -0.39 is 17.9 Å². The molecule has 0 bridgehead atoms. The molecule has 0 aromatic rings. The number of rotatable bonds is 2. The molecule has 1 aliphatic carbocycles. The van der Waals surface area contributed by atoms with Crippen LogP contribution >= 0.6 is 0 Å². The van der Waals surface area contributed by atoms with Gasteiger partial charge in [-0.2, -0.15) is 0 Å². The van der Waals surface area contributed by atoms with Crippen molar-refractivity contribution in [1.82, 2.24) is 0 Å². The van der Waals surface area contributed by atoms with E-state index >= 15 is 0 Å². The van der Waals surface area contributed by atoms with Gasteiger partial charge in [-0.15, -0.1) is 0 Å². The number of amides is 1. The molecule has 1 aliphatic rings. The van der Waals surface area contributed by atoms with Crippen LogP contribution in [0.1, 0.15) is 33.6 Å². The van der Waals surface area contributed by atoms with Gasteiger partial charge in [0.2, 0.25) is 5.91 Å². The van der Waals surface area contributed by atoms with Crippen molar-refractivity contribution in [2.75, 3.05) is 0 Å². The van der Waals surface area contributed by atoms with Crippen molar-refractivity contribution in [3.63, 3.8) is 0 Å². The van der Waals surface area contributed by atoms with Crippen molar-refractivity contribution in [3.8, 4) is 0 Å². The first kappa shape index (κ1) is 13.5. The van der Waals surface area contributed by atoms with Gasteiger partial charge in [0.15, 0.2) is 0 Å². The summed E-state index contributed by atoms with van der Waals surface area (Å²) >= 11 is 0. The third-order valence-corrected chi connectivity index (χ3v) is 2.33. The van der Waals surface area contributed by atoms with Gasteiger partial charge in [-0.25, -0.2) is 4.79 Å². The minimum absolute atomic E-state index is 0.271. The number of allylic oxidation sites excluding steroid dienone is 1. The maximum atomic E-state index is 11.4. The van der Waals surface area contributed by atoms with Crippen LogP contribution in [0.5, 0.6) is 0 Å². The molecule has 0 aliphatic heterocycles. The smallest absolute Gasteiger partial charge is 0.429 e. The molecular formula is C12H19NO4. The molecule has 0 aromatic carbocycles. The molecule has 5 heteroatoms. The van der Waals surface area contributed by atoms with Crippen LogP contribution in [-0.4, -0.2) is 23.8 Å². The molecule has 0 saturated heterocycles. The van der Waals surface area contributed by atoms with Gasteiger partial charge >= 0.3 is 6.16 Å². The highest BCUT2D eigenvalue weighted by molar-refractivity contribution is 5.77. The standard InChI is InChI=1S/C12H19NO4/c1-12(2,3)17-11(15)16-9-6-4-5-8(7-9)10(13)14/h4,6,8-9H,5,7H2,1-3H3,(H2,13,14). The quantitative estimate of drug-likeness (QED) is 0.590. The minimum Gasteiger partial charge on any atom is -0.429 e. The Kier molecular flexibility index (Phi) is 4.15. The lowest BCUT2D eigenvalue weighted by atomic mass is 9.92. The van der Waals surface area contributed by atoms with Crippen LogP contribution in [0.25, 0.3) is 0 Å². The van der Waals surface area contributed by atoms with Gasteiger partial charge in [-0.1, -0.05) is 6.08 Å². The summed E-state index contributed by atoms with van der Waals surface area (Å²) in [6.07, 6.45) is 3.42. The molecule has 0 heterocycles. The van der Waals surface area contributed by atoms with Crippen LogP contribution in [0.2, 0.25) is 0 Å². The van der Waals surface area contributed by atoms with E-state index in [0.29, 0.717) is 12.8 Å². The van der Waals surface area contributed by atoms with Gasteiger partial charge in [0.25, 0.3) is 0 Å². The van der Waals surface area contributed by atoms with Crippen molar-refractivity contribution in [2.45, 2.75) is 45.3 Å². The lowest BCUT2D eigenvalue weighted by Gasteiger charge is -2.24. The molecule has 2 N–H and O–H groups in total. The fraction of sp³-hybridized carbons (Fsp3) is 0.667. The summed E-state index contributed by atoms with van der Waals surface area (Å²) in [7, 11) is 0. The second-order valence-electron chi connectivity index (χ2n) is 5.12. The van der Waals surface area contributed by atoms with Crippen LogP contribution in [-0.2, 0) is 14.3 Å². The molecule has 1 rings (SSSR count). The molecule has 5 nitrogen and oxygen atoms in total. The third-order valence-electron chi connectivity index (χ3n) is 2.33. The van der Waals surface area contributed by atoms with E-state index in [1.807, 2.05) is 0 Å². The molecule has 1 amide bonds. The number of primary amides is 1. The average molecular weight is 241 g/mol. The Hall–Kier alpha value is -1.52. The topological polar surface area (TPSA) is 78.6 Å². The monoisotopic (exact) mass is 241 g/mol. The first-order valence-electron chi connectivity index (χ1n) is 5.63. The van der Waals surface area contributed by atoms with E-state index in [0.717, 1.165) is 0 Å². The predicted octanol–water partition coefficient (Wildman–Crippen LogP) is 1.76. The van der Waals surface area contributed by atoms with Crippen LogP contribution in [0.3, 0.4) is 0 Å². The summed E-state index contributed by atoms with van der Waals surface area (Å²) in [5, 5.41) is 0. The summed E-state index contributed by atoms with van der Waals surface area (Å²) in [6.45, 7) is 5.28. The van der Waals surface area contributed by atoms with E-state index in [1.165, 1.54) is 0 Å². The van der Waals surface area contributed by atoms with Gasteiger partial charge in [0.05, 0.1) is 0 Å². The molecule has 96 valence electrons. The summed E-state index contributed by atoms with van der Waals surface area (Å²) in [5.41, 5.74) is 4.63. The molecular weight excluding hydrogens is 222 g/mol. The van der Waals surface area contributed by atoms with Crippen LogP contribution < -0.4 is 5.73 Å². The van der Waals surface area contributed by atoms with Gasteiger partial charge in [-0.3, -0.25) is 4.79 Å². The molecule has 17 heavy (non-hydrogen) atoms.